The first-order chi connectivity index (χ1) is 7.39. The number of aliphatic hydroxyl groups is 1. The van der Waals surface area contributed by atoms with Gasteiger partial charge >= 0.3 is 0 Å². The van der Waals surface area contributed by atoms with Crippen molar-refractivity contribution in [2.24, 2.45) is 0 Å². The van der Waals surface area contributed by atoms with Gasteiger partial charge in [-0.05, 0) is 25.4 Å². The second-order valence-corrected chi connectivity index (χ2v) is 7.98. The summed E-state index contributed by atoms with van der Waals surface area (Å²) in [6.45, 7) is 9.15. The molecule has 98 valence electrons. The van der Waals surface area contributed by atoms with E-state index in [-0.39, 0.29) is 12.6 Å². The molecule has 0 aromatic heterocycles. The molecule has 4 heteroatoms. The molecule has 0 amide bonds. The van der Waals surface area contributed by atoms with E-state index in [1.165, 1.54) is 0 Å². The summed E-state index contributed by atoms with van der Waals surface area (Å²) in [6, 6.07) is 0.714. The molecule has 0 aliphatic heterocycles. The van der Waals surface area contributed by atoms with Crippen LogP contribution in [0.1, 0.15) is 34.1 Å². The molecule has 0 aliphatic carbocycles. The summed E-state index contributed by atoms with van der Waals surface area (Å²) in [6.07, 6.45) is 3.15. The highest BCUT2D eigenvalue weighted by molar-refractivity contribution is 8.00. The molecule has 0 saturated carbocycles. The fourth-order valence-electron chi connectivity index (χ4n) is 1.31. The SMILES string of the molecule is CSCCC(CO)NC(C)CSC(C)(C)C. The third-order valence-corrected chi connectivity index (χ3v) is 4.35. The zero-order valence-electron chi connectivity index (χ0n) is 11.2. The molecule has 0 aromatic carbocycles. The van der Waals surface area contributed by atoms with Gasteiger partial charge in [-0.2, -0.15) is 23.5 Å². The zero-order chi connectivity index (χ0) is 12.6. The summed E-state index contributed by atoms with van der Waals surface area (Å²) in [4.78, 5) is 0. The maximum absolute atomic E-state index is 9.25. The molecular weight excluding hydrogens is 238 g/mol. The van der Waals surface area contributed by atoms with Crippen LogP contribution in [0.2, 0.25) is 0 Å². The van der Waals surface area contributed by atoms with Gasteiger partial charge in [0, 0.05) is 22.6 Å². The van der Waals surface area contributed by atoms with E-state index >= 15 is 0 Å². The molecule has 2 atom stereocenters. The molecule has 2 unspecified atom stereocenters. The predicted octanol–water partition coefficient (Wildman–Crippen LogP) is 2.61. The average Bonchev–Trinajstić information content (AvgIpc) is 2.20. The van der Waals surface area contributed by atoms with Crippen molar-refractivity contribution < 1.29 is 5.11 Å². The molecule has 0 aliphatic rings. The van der Waals surface area contributed by atoms with Gasteiger partial charge in [0.05, 0.1) is 6.61 Å². The van der Waals surface area contributed by atoms with Gasteiger partial charge in [0.25, 0.3) is 0 Å². The van der Waals surface area contributed by atoms with E-state index in [0.717, 1.165) is 17.9 Å². The molecule has 0 heterocycles. The van der Waals surface area contributed by atoms with Gasteiger partial charge in [0.2, 0.25) is 0 Å². The minimum Gasteiger partial charge on any atom is -0.395 e. The van der Waals surface area contributed by atoms with Gasteiger partial charge in [-0.25, -0.2) is 0 Å². The maximum Gasteiger partial charge on any atom is 0.0585 e. The lowest BCUT2D eigenvalue weighted by atomic mass is 10.2. The first-order valence-electron chi connectivity index (χ1n) is 5.89. The summed E-state index contributed by atoms with van der Waals surface area (Å²) in [7, 11) is 0. The summed E-state index contributed by atoms with van der Waals surface area (Å²) in [5.41, 5.74) is 0. The molecule has 0 spiro atoms. The van der Waals surface area contributed by atoms with Crippen molar-refractivity contribution in [3.8, 4) is 0 Å². The van der Waals surface area contributed by atoms with Crippen molar-refractivity contribution in [1.82, 2.24) is 5.32 Å². The minimum absolute atomic E-state index is 0.241. The number of rotatable bonds is 8. The van der Waals surface area contributed by atoms with Gasteiger partial charge in [0.1, 0.15) is 0 Å². The largest absolute Gasteiger partial charge is 0.395 e. The predicted molar refractivity (Wildman–Crippen MR) is 78.7 cm³/mol. The summed E-state index contributed by atoms with van der Waals surface area (Å²) in [5, 5.41) is 12.7. The zero-order valence-corrected chi connectivity index (χ0v) is 12.9. The van der Waals surface area contributed by atoms with Crippen LogP contribution in [0.4, 0.5) is 0 Å². The topological polar surface area (TPSA) is 32.3 Å². The molecule has 0 rings (SSSR count). The number of aliphatic hydroxyl groups excluding tert-OH is 1. The van der Waals surface area contributed by atoms with Crippen LogP contribution in [0.25, 0.3) is 0 Å². The van der Waals surface area contributed by atoms with E-state index in [0.29, 0.717) is 10.8 Å². The van der Waals surface area contributed by atoms with Crippen LogP contribution >= 0.6 is 23.5 Å². The Hall–Kier alpha value is 0.620. The third-order valence-electron chi connectivity index (χ3n) is 2.18. The van der Waals surface area contributed by atoms with E-state index in [9.17, 15) is 5.11 Å². The standard InChI is InChI=1S/C12H27NOS2/c1-10(9-16-12(2,3)4)13-11(8-14)6-7-15-5/h10-11,13-14H,6-9H2,1-5H3. The molecule has 16 heavy (non-hydrogen) atoms. The molecule has 0 aromatic rings. The Morgan fingerprint density at radius 3 is 2.38 bits per heavy atom. The summed E-state index contributed by atoms with van der Waals surface area (Å²) in [5.74, 6) is 2.20. The monoisotopic (exact) mass is 265 g/mol. The van der Waals surface area contributed by atoms with Crippen LogP contribution in [0.15, 0.2) is 0 Å². The van der Waals surface area contributed by atoms with E-state index in [1.807, 2.05) is 23.5 Å². The quantitative estimate of drug-likeness (QED) is 0.707. The fraction of sp³-hybridized carbons (Fsp3) is 1.00. The van der Waals surface area contributed by atoms with Gasteiger partial charge in [-0.3, -0.25) is 0 Å². The highest BCUT2D eigenvalue weighted by atomic mass is 32.2. The summed E-state index contributed by atoms with van der Waals surface area (Å²) < 4.78 is 0.323. The lowest BCUT2D eigenvalue weighted by Gasteiger charge is -2.24. The number of thioether (sulfide) groups is 2. The molecular formula is C12H27NOS2. The molecule has 0 radical (unpaired) electrons. The van der Waals surface area contributed by atoms with Gasteiger partial charge in [-0.15, -0.1) is 0 Å². The van der Waals surface area contributed by atoms with Crippen molar-refractivity contribution in [3.05, 3.63) is 0 Å². The van der Waals surface area contributed by atoms with E-state index in [2.05, 4.69) is 39.3 Å². The van der Waals surface area contributed by atoms with E-state index < -0.39 is 0 Å². The Morgan fingerprint density at radius 1 is 1.31 bits per heavy atom. The van der Waals surface area contributed by atoms with Crippen molar-refractivity contribution in [2.45, 2.75) is 50.9 Å². The fourth-order valence-corrected chi connectivity index (χ4v) is 2.68. The number of hydrogen-bond acceptors (Lipinski definition) is 4. The van der Waals surface area contributed by atoms with Gasteiger partial charge < -0.3 is 10.4 Å². The van der Waals surface area contributed by atoms with Crippen molar-refractivity contribution in [2.75, 3.05) is 24.4 Å². The third kappa shape index (κ3) is 9.82. The molecule has 2 N–H and O–H groups in total. The number of hydrogen-bond donors (Lipinski definition) is 2. The van der Waals surface area contributed by atoms with E-state index in [4.69, 9.17) is 0 Å². The van der Waals surface area contributed by atoms with Crippen LogP contribution in [-0.4, -0.2) is 46.3 Å². The van der Waals surface area contributed by atoms with Gasteiger partial charge in [-0.1, -0.05) is 20.8 Å². The van der Waals surface area contributed by atoms with Gasteiger partial charge in [0.15, 0.2) is 0 Å². The Bertz CT molecular complexity index is 171. The van der Waals surface area contributed by atoms with Crippen molar-refractivity contribution in [1.29, 1.82) is 0 Å². The minimum atomic E-state index is 0.241. The Labute approximate surface area is 109 Å². The van der Waals surface area contributed by atoms with Crippen molar-refractivity contribution in [3.63, 3.8) is 0 Å². The summed E-state index contributed by atoms with van der Waals surface area (Å²) >= 11 is 3.80. The maximum atomic E-state index is 9.25. The Balaban J connectivity index is 3.77. The second-order valence-electron chi connectivity index (χ2n) is 5.15. The lowest BCUT2D eigenvalue weighted by Crippen LogP contribution is -2.41. The average molecular weight is 265 g/mol. The molecule has 2 nitrogen and oxygen atoms in total. The Morgan fingerprint density at radius 2 is 1.94 bits per heavy atom. The van der Waals surface area contributed by atoms with Crippen LogP contribution < -0.4 is 5.32 Å². The molecule has 0 saturated heterocycles. The van der Waals surface area contributed by atoms with Crippen LogP contribution in [0.3, 0.4) is 0 Å². The van der Waals surface area contributed by atoms with Crippen LogP contribution in [-0.2, 0) is 0 Å². The Kier molecular flexibility index (Phi) is 9.01. The lowest BCUT2D eigenvalue weighted by molar-refractivity contribution is 0.233. The molecule has 0 bridgehead atoms. The number of nitrogens with one attached hydrogen (secondary N) is 1. The van der Waals surface area contributed by atoms with Crippen LogP contribution in [0, 0.1) is 0 Å². The van der Waals surface area contributed by atoms with E-state index in [1.54, 1.807) is 0 Å². The highest BCUT2D eigenvalue weighted by Gasteiger charge is 2.15. The van der Waals surface area contributed by atoms with Crippen LogP contribution in [0.5, 0.6) is 0 Å². The molecule has 0 fully saturated rings. The first-order valence-corrected chi connectivity index (χ1v) is 8.26. The van der Waals surface area contributed by atoms with Crippen molar-refractivity contribution >= 4 is 23.5 Å². The second kappa shape index (κ2) is 8.67. The first kappa shape index (κ1) is 16.6. The smallest absolute Gasteiger partial charge is 0.0585 e. The highest BCUT2D eigenvalue weighted by Crippen LogP contribution is 2.23. The normalized spacial score (nSPS) is 16.1.